The molecule has 9 rings (SSSR count). The van der Waals surface area contributed by atoms with Crippen LogP contribution in [0.3, 0.4) is 0 Å². The molecule has 0 aliphatic carbocycles. The van der Waals surface area contributed by atoms with E-state index < -0.39 is 74.0 Å². The van der Waals surface area contributed by atoms with Gasteiger partial charge in [-0.15, -0.1) is 6.42 Å². The van der Waals surface area contributed by atoms with E-state index in [0.717, 1.165) is 27.8 Å². The third-order valence-electron chi connectivity index (χ3n) is 11.2. The number of terminal acetylenes is 1. The standard InChI is InChI=1S/C50H50O11/c1-2-28-51-45-43(52-29-34-18-8-3-9-19-34)41-40(33-56-47(59-41)37-24-14-6-15-25-37)58-50(45)61-46-44(53-30-35-20-10-4-11-21-35)42-39(32-55-48(60-42)38-26-16-7-17-27-38)57-49(46)54-31-36-22-12-5-13-23-36/h1,3-27,39-50H,28-33H2/t39-,40-,41-,42-,43+,44+,45+,46+,47-,48-,49+,50+/m1/s1. The number of rotatable bonds is 15. The van der Waals surface area contributed by atoms with E-state index in [4.69, 9.17) is 58.5 Å². The number of fused-ring (bicyclic) bond motifs is 2. The molecule has 4 heterocycles. The van der Waals surface area contributed by atoms with Gasteiger partial charge in [0.25, 0.3) is 0 Å². The van der Waals surface area contributed by atoms with Crippen molar-refractivity contribution in [2.45, 2.75) is 93.8 Å². The molecule has 0 saturated carbocycles. The first-order valence-electron chi connectivity index (χ1n) is 20.8. The van der Waals surface area contributed by atoms with Gasteiger partial charge in [-0.2, -0.15) is 0 Å². The lowest BCUT2D eigenvalue weighted by Crippen LogP contribution is -2.67. The predicted molar refractivity (Wildman–Crippen MR) is 222 cm³/mol. The Morgan fingerprint density at radius 1 is 0.443 bits per heavy atom. The maximum atomic E-state index is 7.17. The minimum atomic E-state index is -1.07. The number of benzene rings is 5. The molecule has 4 saturated heterocycles. The first-order chi connectivity index (χ1) is 30.2. The Morgan fingerprint density at radius 2 is 0.852 bits per heavy atom. The molecule has 5 aromatic carbocycles. The second kappa shape index (κ2) is 20.4. The highest BCUT2D eigenvalue weighted by atomic mass is 16.8. The molecule has 0 spiro atoms. The van der Waals surface area contributed by atoms with Crippen LogP contribution in [0.5, 0.6) is 0 Å². The van der Waals surface area contributed by atoms with Crippen LogP contribution < -0.4 is 0 Å². The summed E-state index contributed by atoms with van der Waals surface area (Å²) in [6.07, 6.45) is -3.15. The largest absolute Gasteiger partial charge is 0.368 e. The van der Waals surface area contributed by atoms with Crippen molar-refractivity contribution < 1.29 is 52.1 Å². The highest BCUT2D eigenvalue weighted by Crippen LogP contribution is 2.41. The van der Waals surface area contributed by atoms with Crippen LogP contribution in [0.25, 0.3) is 0 Å². The highest BCUT2D eigenvalue weighted by Gasteiger charge is 2.57. The average molecular weight is 827 g/mol. The monoisotopic (exact) mass is 826 g/mol. The van der Waals surface area contributed by atoms with E-state index in [2.05, 4.69) is 5.92 Å². The van der Waals surface area contributed by atoms with Gasteiger partial charge >= 0.3 is 0 Å². The Kier molecular flexibility index (Phi) is 13.9. The molecule has 5 aromatic rings. The fourth-order valence-electron chi connectivity index (χ4n) is 8.18. The summed E-state index contributed by atoms with van der Waals surface area (Å²) in [5.74, 6) is 2.63. The van der Waals surface area contributed by atoms with E-state index in [1.807, 2.05) is 152 Å². The van der Waals surface area contributed by atoms with Crippen molar-refractivity contribution in [2.24, 2.45) is 0 Å². The molecule has 4 aliphatic heterocycles. The van der Waals surface area contributed by atoms with Crippen molar-refractivity contribution in [2.75, 3.05) is 19.8 Å². The summed E-state index contributed by atoms with van der Waals surface area (Å²) in [4.78, 5) is 0. The van der Waals surface area contributed by atoms with Gasteiger partial charge in [0.2, 0.25) is 0 Å². The molecule has 11 nitrogen and oxygen atoms in total. The summed E-state index contributed by atoms with van der Waals surface area (Å²) >= 11 is 0. The molecule has 0 unspecified atom stereocenters. The van der Waals surface area contributed by atoms with Gasteiger partial charge < -0.3 is 52.1 Å². The number of hydrogen-bond donors (Lipinski definition) is 0. The van der Waals surface area contributed by atoms with Crippen LogP contribution in [0.15, 0.2) is 152 Å². The quantitative estimate of drug-likeness (QED) is 0.0985. The van der Waals surface area contributed by atoms with Crippen molar-refractivity contribution in [3.8, 4) is 12.3 Å². The normalized spacial score (nSPS) is 31.0. The van der Waals surface area contributed by atoms with Crippen LogP contribution in [0.1, 0.15) is 40.4 Å². The van der Waals surface area contributed by atoms with Gasteiger partial charge in [-0.3, -0.25) is 0 Å². The van der Waals surface area contributed by atoms with Crippen molar-refractivity contribution in [1.29, 1.82) is 0 Å². The van der Waals surface area contributed by atoms with Crippen LogP contribution in [0.2, 0.25) is 0 Å². The number of hydrogen-bond acceptors (Lipinski definition) is 11. The fourth-order valence-corrected chi connectivity index (χ4v) is 8.18. The van der Waals surface area contributed by atoms with E-state index >= 15 is 0 Å². The predicted octanol–water partition coefficient (Wildman–Crippen LogP) is 7.46. The Bertz CT molecular complexity index is 2110. The van der Waals surface area contributed by atoms with Gasteiger partial charge in [0, 0.05) is 11.1 Å². The third-order valence-corrected chi connectivity index (χ3v) is 11.2. The lowest BCUT2D eigenvalue weighted by molar-refractivity contribution is -0.413. The third kappa shape index (κ3) is 10.1. The zero-order valence-electron chi connectivity index (χ0n) is 33.7. The van der Waals surface area contributed by atoms with Crippen molar-refractivity contribution in [3.63, 3.8) is 0 Å². The van der Waals surface area contributed by atoms with Gasteiger partial charge in [0.05, 0.1) is 33.0 Å². The second-order valence-corrected chi connectivity index (χ2v) is 15.3. The Morgan fingerprint density at radius 3 is 1.31 bits per heavy atom. The minimum Gasteiger partial charge on any atom is -0.368 e. The molecule has 0 amide bonds. The van der Waals surface area contributed by atoms with Gasteiger partial charge in [0.1, 0.15) is 55.4 Å². The molecule has 4 fully saturated rings. The summed E-state index contributed by atoms with van der Waals surface area (Å²) in [7, 11) is 0. The molecule has 0 N–H and O–H groups in total. The van der Waals surface area contributed by atoms with Crippen LogP contribution in [0.4, 0.5) is 0 Å². The van der Waals surface area contributed by atoms with Crippen LogP contribution in [-0.2, 0) is 71.9 Å². The Balaban J connectivity index is 1.06. The summed E-state index contributed by atoms with van der Waals surface area (Å²) in [5, 5.41) is 0. The van der Waals surface area contributed by atoms with E-state index in [9.17, 15) is 0 Å². The lowest BCUT2D eigenvalue weighted by Gasteiger charge is -2.52. The molecule has 0 radical (unpaired) electrons. The molecular weight excluding hydrogens is 777 g/mol. The maximum absolute atomic E-state index is 7.17. The van der Waals surface area contributed by atoms with Crippen LogP contribution in [-0.4, -0.2) is 81.2 Å². The Labute approximate surface area is 356 Å². The van der Waals surface area contributed by atoms with E-state index in [1.54, 1.807) is 0 Å². The first kappa shape index (κ1) is 41.6. The zero-order valence-corrected chi connectivity index (χ0v) is 33.7. The van der Waals surface area contributed by atoms with E-state index in [1.165, 1.54) is 0 Å². The topological polar surface area (TPSA) is 102 Å². The second-order valence-electron chi connectivity index (χ2n) is 15.3. The highest BCUT2D eigenvalue weighted by molar-refractivity contribution is 5.19. The van der Waals surface area contributed by atoms with Crippen LogP contribution in [0, 0.1) is 12.3 Å². The first-order valence-corrected chi connectivity index (χ1v) is 20.8. The summed E-state index contributed by atoms with van der Waals surface area (Å²) in [6, 6.07) is 49.4. The van der Waals surface area contributed by atoms with E-state index in [0.29, 0.717) is 0 Å². The van der Waals surface area contributed by atoms with E-state index in [-0.39, 0.29) is 39.6 Å². The Hall–Kier alpha value is -4.78. The summed E-state index contributed by atoms with van der Waals surface area (Å²) in [5.41, 5.74) is 4.66. The van der Waals surface area contributed by atoms with Gasteiger partial charge in [0.15, 0.2) is 25.2 Å². The van der Waals surface area contributed by atoms with Gasteiger partial charge in [-0.25, -0.2) is 0 Å². The van der Waals surface area contributed by atoms with Crippen molar-refractivity contribution in [3.05, 3.63) is 179 Å². The molecule has 4 aliphatic rings. The fraction of sp³-hybridized carbons (Fsp3) is 0.360. The molecule has 61 heavy (non-hydrogen) atoms. The minimum absolute atomic E-state index is 0.0397. The van der Waals surface area contributed by atoms with Crippen LogP contribution >= 0.6 is 0 Å². The molecule has 11 heteroatoms. The lowest BCUT2D eigenvalue weighted by atomic mass is 9.95. The summed E-state index contributed by atoms with van der Waals surface area (Å²) < 4.78 is 73.6. The molecule has 0 aromatic heterocycles. The average Bonchev–Trinajstić information content (AvgIpc) is 3.33. The zero-order chi connectivity index (χ0) is 41.2. The van der Waals surface area contributed by atoms with Gasteiger partial charge in [-0.1, -0.05) is 158 Å². The SMILES string of the molecule is C#CCO[C@@H]1[C@H](O[C@@H]2[C@@H](OCc3ccccc3)O[C@@H]3CO[C@@H](c4ccccc4)O[C@H]3[C@@H]2OCc2ccccc2)O[C@@H]2CO[C@@H](c3ccccc3)O[C@H]2[C@@H]1OCc1ccccc1. The van der Waals surface area contributed by atoms with Gasteiger partial charge in [-0.05, 0) is 16.7 Å². The molecule has 0 bridgehead atoms. The maximum Gasteiger partial charge on any atom is 0.187 e. The smallest absolute Gasteiger partial charge is 0.187 e. The molecular formula is C50H50O11. The van der Waals surface area contributed by atoms with Crippen molar-refractivity contribution >= 4 is 0 Å². The number of ether oxygens (including phenoxy) is 11. The molecule has 12 atom stereocenters. The molecule has 316 valence electrons. The summed E-state index contributed by atoms with van der Waals surface area (Å²) in [6.45, 7) is 1.16. The van der Waals surface area contributed by atoms with Crippen molar-refractivity contribution in [1.82, 2.24) is 0 Å².